The second-order valence-corrected chi connectivity index (χ2v) is 9.66. The van der Waals surface area contributed by atoms with Crippen molar-refractivity contribution in [1.29, 1.82) is 0 Å². The van der Waals surface area contributed by atoms with Crippen molar-refractivity contribution < 1.29 is 9.90 Å². The molecule has 4 rings (SSSR count). The van der Waals surface area contributed by atoms with Crippen LogP contribution in [0.25, 0.3) is 12.2 Å². The zero-order valence-corrected chi connectivity index (χ0v) is 19.4. The van der Waals surface area contributed by atoms with Gasteiger partial charge < -0.3 is 14.6 Å². The third kappa shape index (κ3) is 2.91. The van der Waals surface area contributed by atoms with Crippen LogP contribution in [0.1, 0.15) is 73.8 Å². The lowest BCUT2D eigenvalue weighted by molar-refractivity contribution is -0.0266. The van der Waals surface area contributed by atoms with Gasteiger partial charge in [-0.05, 0) is 55.4 Å². The van der Waals surface area contributed by atoms with Crippen molar-refractivity contribution >= 4 is 18.1 Å². The van der Waals surface area contributed by atoms with Crippen molar-refractivity contribution in [3.8, 4) is 5.75 Å². The molecule has 2 heterocycles. The number of nitrogens with zero attached hydrogens (tertiary/aromatic N) is 2. The minimum atomic E-state index is -0.114. The predicted molar refractivity (Wildman–Crippen MR) is 127 cm³/mol. The Labute approximate surface area is 185 Å². The molecule has 1 aliphatic heterocycles. The fourth-order valence-corrected chi connectivity index (χ4v) is 5.91. The zero-order chi connectivity index (χ0) is 22.6. The van der Waals surface area contributed by atoms with Crippen LogP contribution in [-0.2, 0) is 18.4 Å². The van der Waals surface area contributed by atoms with E-state index in [0.717, 1.165) is 35.3 Å². The number of phenolic OH excluding ortho intramolecular Hbond substituents is 1. The summed E-state index contributed by atoms with van der Waals surface area (Å²) in [6, 6.07) is 5.90. The average molecular weight is 419 g/mol. The molecule has 0 saturated carbocycles. The van der Waals surface area contributed by atoms with Crippen LogP contribution in [0.3, 0.4) is 0 Å². The van der Waals surface area contributed by atoms with E-state index in [9.17, 15) is 9.90 Å². The van der Waals surface area contributed by atoms with Crippen LogP contribution in [0.2, 0.25) is 0 Å². The molecule has 2 aromatic rings. The summed E-state index contributed by atoms with van der Waals surface area (Å²) in [6.45, 7) is 16.4. The number of piperidine rings is 1. The molecular formula is C27H34N2O2. The smallest absolute Gasteiger partial charge is 0.256 e. The Morgan fingerprint density at radius 3 is 2.71 bits per heavy atom. The van der Waals surface area contributed by atoms with Gasteiger partial charge in [0.1, 0.15) is 5.75 Å². The maximum absolute atomic E-state index is 14.0. The van der Waals surface area contributed by atoms with Gasteiger partial charge in [-0.2, -0.15) is 0 Å². The molecule has 1 fully saturated rings. The molecule has 4 nitrogen and oxygen atoms in total. The van der Waals surface area contributed by atoms with E-state index in [0.29, 0.717) is 18.7 Å². The Kier molecular flexibility index (Phi) is 5.15. The summed E-state index contributed by atoms with van der Waals surface area (Å²) >= 11 is 0. The standard InChI is InChI=1S/C27H34N2O2/c1-7-11-18-20(17-28(9-3)22(18)8-2)25(31)29-15-14-27(6)21-12-10-13-23(30)19(21)16-24(29)26(27,4)5/h7-8,10-13,17,24,30H,2,9,14-16H2,1,3-6H3/b11-7-/t24?,27-/m0/s1. The zero-order valence-electron chi connectivity index (χ0n) is 19.4. The molecular weight excluding hydrogens is 384 g/mol. The first-order valence-electron chi connectivity index (χ1n) is 11.3. The molecule has 2 atom stereocenters. The number of aromatic hydroxyl groups is 1. The van der Waals surface area contributed by atoms with Crippen molar-refractivity contribution in [1.82, 2.24) is 9.47 Å². The average Bonchev–Trinajstić information content (AvgIpc) is 3.08. The number of rotatable bonds is 4. The van der Waals surface area contributed by atoms with E-state index in [2.05, 4.69) is 49.8 Å². The lowest BCUT2D eigenvalue weighted by Crippen LogP contribution is -2.64. The van der Waals surface area contributed by atoms with Crippen LogP contribution < -0.4 is 0 Å². The molecule has 2 bridgehead atoms. The first-order chi connectivity index (χ1) is 14.7. The number of carbonyl (C=O) groups is 1. The Hall–Kier alpha value is -2.75. The predicted octanol–water partition coefficient (Wildman–Crippen LogP) is 5.64. The summed E-state index contributed by atoms with van der Waals surface area (Å²) in [7, 11) is 0. The molecule has 1 aliphatic carbocycles. The van der Waals surface area contributed by atoms with E-state index in [1.165, 1.54) is 5.56 Å². The third-order valence-corrected chi connectivity index (χ3v) is 8.15. The number of phenols is 1. The maximum atomic E-state index is 14.0. The van der Waals surface area contributed by atoms with Gasteiger partial charge in [0.15, 0.2) is 0 Å². The molecule has 31 heavy (non-hydrogen) atoms. The lowest BCUT2D eigenvalue weighted by Gasteiger charge is -2.60. The molecule has 0 spiro atoms. The van der Waals surface area contributed by atoms with Crippen LogP contribution in [0, 0.1) is 5.41 Å². The number of aromatic nitrogens is 1. The van der Waals surface area contributed by atoms with E-state index >= 15 is 0 Å². The number of hydrogen-bond donors (Lipinski definition) is 1. The Morgan fingerprint density at radius 2 is 2.06 bits per heavy atom. The second kappa shape index (κ2) is 7.44. The summed E-state index contributed by atoms with van der Waals surface area (Å²) in [6.07, 6.45) is 9.35. The number of benzene rings is 1. The highest BCUT2D eigenvalue weighted by atomic mass is 16.3. The normalized spacial score (nSPS) is 24.3. The van der Waals surface area contributed by atoms with Gasteiger partial charge in [-0.3, -0.25) is 4.79 Å². The first kappa shape index (κ1) is 21.5. The van der Waals surface area contributed by atoms with Gasteiger partial charge in [0.25, 0.3) is 5.91 Å². The second-order valence-electron chi connectivity index (χ2n) is 9.66. The van der Waals surface area contributed by atoms with Crippen molar-refractivity contribution in [2.75, 3.05) is 6.54 Å². The van der Waals surface area contributed by atoms with Crippen LogP contribution in [0.5, 0.6) is 5.75 Å². The SMILES string of the molecule is C=Cc1c(/C=C\C)c(C(=O)N2CC[C@@]3(C)c4cccc(O)c4CC2C3(C)C)cn1CC. The van der Waals surface area contributed by atoms with E-state index in [4.69, 9.17) is 0 Å². The Morgan fingerprint density at radius 1 is 1.32 bits per heavy atom. The molecule has 1 aromatic heterocycles. The number of amides is 1. The summed E-state index contributed by atoms with van der Waals surface area (Å²) in [5.74, 6) is 0.418. The van der Waals surface area contributed by atoms with Gasteiger partial charge in [0.2, 0.25) is 0 Å². The van der Waals surface area contributed by atoms with Crippen LogP contribution in [-0.4, -0.2) is 33.1 Å². The molecule has 0 radical (unpaired) electrons. The highest BCUT2D eigenvalue weighted by Crippen LogP contribution is 2.57. The number of hydrogen-bond acceptors (Lipinski definition) is 2. The minimum absolute atomic E-state index is 0.0233. The number of carbonyl (C=O) groups excluding carboxylic acids is 1. The largest absolute Gasteiger partial charge is 0.508 e. The molecule has 4 heteroatoms. The highest BCUT2D eigenvalue weighted by molar-refractivity contribution is 5.99. The molecule has 1 saturated heterocycles. The van der Waals surface area contributed by atoms with Crippen molar-refractivity contribution in [3.05, 3.63) is 65.0 Å². The van der Waals surface area contributed by atoms with Gasteiger partial charge >= 0.3 is 0 Å². The van der Waals surface area contributed by atoms with Crippen LogP contribution in [0.15, 0.2) is 37.1 Å². The van der Waals surface area contributed by atoms with Gasteiger partial charge in [-0.25, -0.2) is 0 Å². The molecule has 1 aromatic carbocycles. The fraction of sp³-hybridized carbons (Fsp3) is 0.444. The number of allylic oxidation sites excluding steroid dienone is 1. The molecule has 1 unspecified atom stereocenters. The van der Waals surface area contributed by atoms with Crippen molar-refractivity contribution in [3.63, 3.8) is 0 Å². The Bertz CT molecular complexity index is 1080. The van der Waals surface area contributed by atoms with Gasteiger partial charge in [-0.15, -0.1) is 0 Å². The highest BCUT2D eigenvalue weighted by Gasteiger charge is 2.57. The molecule has 164 valence electrons. The summed E-state index contributed by atoms with van der Waals surface area (Å²) < 4.78 is 2.09. The van der Waals surface area contributed by atoms with Crippen LogP contribution in [0.4, 0.5) is 0 Å². The summed E-state index contributed by atoms with van der Waals surface area (Å²) in [5.41, 5.74) is 4.69. The molecule has 1 N–H and O–H groups in total. The van der Waals surface area contributed by atoms with Crippen molar-refractivity contribution in [2.24, 2.45) is 5.41 Å². The van der Waals surface area contributed by atoms with Crippen molar-refractivity contribution in [2.45, 2.75) is 65.5 Å². The first-order valence-corrected chi connectivity index (χ1v) is 11.3. The third-order valence-electron chi connectivity index (χ3n) is 8.15. The summed E-state index contributed by atoms with van der Waals surface area (Å²) in [5, 5.41) is 10.6. The topological polar surface area (TPSA) is 45.5 Å². The number of likely N-dealkylation sites (tertiary alicyclic amines) is 1. The Balaban J connectivity index is 1.82. The van der Waals surface area contributed by atoms with E-state index in [1.807, 2.05) is 37.4 Å². The quantitative estimate of drug-likeness (QED) is 0.698. The summed E-state index contributed by atoms with van der Waals surface area (Å²) in [4.78, 5) is 16.0. The van der Waals surface area contributed by atoms with Gasteiger partial charge in [0, 0.05) is 42.0 Å². The number of fused-ring (bicyclic) bond motifs is 4. The monoisotopic (exact) mass is 418 g/mol. The van der Waals surface area contributed by atoms with Gasteiger partial charge in [0.05, 0.1) is 5.56 Å². The van der Waals surface area contributed by atoms with E-state index in [-0.39, 0.29) is 22.8 Å². The number of aryl methyl sites for hydroxylation is 1. The molecule has 1 amide bonds. The minimum Gasteiger partial charge on any atom is -0.508 e. The van der Waals surface area contributed by atoms with E-state index < -0.39 is 0 Å². The molecule has 2 aliphatic rings. The lowest BCUT2D eigenvalue weighted by atomic mass is 9.51. The fourth-order valence-electron chi connectivity index (χ4n) is 5.91. The van der Waals surface area contributed by atoms with Gasteiger partial charge in [-0.1, -0.05) is 51.6 Å². The maximum Gasteiger partial charge on any atom is 0.256 e. The van der Waals surface area contributed by atoms with E-state index in [1.54, 1.807) is 6.07 Å². The van der Waals surface area contributed by atoms with Crippen LogP contribution >= 0.6 is 0 Å².